The van der Waals surface area contributed by atoms with Gasteiger partial charge in [0.15, 0.2) is 0 Å². The lowest BCUT2D eigenvalue weighted by Gasteiger charge is -2.31. The molecule has 2 aliphatic rings. The second-order valence-electron chi connectivity index (χ2n) is 5.43. The first-order valence-corrected chi connectivity index (χ1v) is 6.55. The molecule has 1 aliphatic carbocycles. The van der Waals surface area contributed by atoms with Crippen LogP contribution < -0.4 is 5.32 Å². The average molecular weight is 209 g/mol. The molecule has 1 saturated heterocycles. The van der Waals surface area contributed by atoms with Gasteiger partial charge in [-0.2, -0.15) is 0 Å². The van der Waals surface area contributed by atoms with Gasteiger partial charge in [-0.05, 0) is 37.5 Å². The van der Waals surface area contributed by atoms with Crippen molar-refractivity contribution in [3.63, 3.8) is 0 Å². The Morgan fingerprint density at radius 3 is 2.80 bits per heavy atom. The third-order valence-corrected chi connectivity index (χ3v) is 4.12. The topological polar surface area (TPSA) is 29.1 Å². The molecule has 0 spiro atoms. The summed E-state index contributed by atoms with van der Waals surface area (Å²) in [6.45, 7) is 3.23. The predicted molar refractivity (Wildman–Crippen MR) is 61.5 cm³/mol. The van der Waals surface area contributed by atoms with E-state index in [1.54, 1.807) is 0 Å². The van der Waals surface area contributed by atoms with E-state index in [0.29, 0.717) is 17.7 Å². The Morgan fingerprint density at radius 1 is 1.13 bits per heavy atom. The van der Waals surface area contributed by atoms with Crippen molar-refractivity contribution < 1.29 is 4.79 Å². The summed E-state index contributed by atoms with van der Waals surface area (Å²) in [5.41, 5.74) is 0. The van der Waals surface area contributed by atoms with Gasteiger partial charge in [0.05, 0.1) is 0 Å². The maximum atomic E-state index is 11.9. The van der Waals surface area contributed by atoms with Crippen LogP contribution in [0.25, 0.3) is 0 Å². The second kappa shape index (κ2) is 5.00. The molecule has 3 unspecified atom stereocenters. The third-order valence-electron chi connectivity index (χ3n) is 4.12. The first-order chi connectivity index (χ1) is 7.27. The highest BCUT2D eigenvalue weighted by Gasteiger charge is 2.31. The minimum Gasteiger partial charge on any atom is -0.356 e. The molecule has 2 nitrogen and oxygen atoms in total. The number of hydrogen-bond donors (Lipinski definition) is 1. The smallest absolute Gasteiger partial charge is 0.223 e. The van der Waals surface area contributed by atoms with E-state index in [0.717, 1.165) is 18.9 Å². The van der Waals surface area contributed by atoms with Crippen molar-refractivity contribution in [1.82, 2.24) is 5.32 Å². The van der Waals surface area contributed by atoms with E-state index in [-0.39, 0.29) is 0 Å². The molecule has 0 aromatic carbocycles. The van der Waals surface area contributed by atoms with Gasteiger partial charge in [0.2, 0.25) is 5.91 Å². The summed E-state index contributed by atoms with van der Waals surface area (Å²) in [5.74, 6) is 2.17. The lowest BCUT2D eigenvalue weighted by Crippen LogP contribution is -2.35. The summed E-state index contributed by atoms with van der Waals surface area (Å²) in [4.78, 5) is 11.9. The lowest BCUT2D eigenvalue weighted by molar-refractivity contribution is -0.127. The molecule has 1 amide bonds. The molecule has 1 N–H and O–H groups in total. The van der Waals surface area contributed by atoms with Crippen molar-refractivity contribution >= 4 is 5.91 Å². The summed E-state index contributed by atoms with van der Waals surface area (Å²) in [5, 5.41) is 3.07. The Morgan fingerprint density at radius 2 is 2.00 bits per heavy atom. The molecule has 15 heavy (non-hydrogen) atoms. The molecule has 1 saturated carbocycles. The highest BCUT2D eigenvalue weighted by Crippen LogP contribution is 2.36. The van der Waals surface area contributed by atoms with Crippen LogP contribution in [0.1, 0.15) is 51.9 Å². The summed E-state index contributed by atoms with van der Waals surface area (Å²) < 4.78 is 0. The highest BCUT2D eigenvalue weighted by molar-refractivity contribution is 5.79. The quantitative estimate of drug-likeness (QED) is 0.707. The number of carbonyl (C=O) groups excluding carboxylic acids is 1. The standard InChI is InChI=1S/C13H23NO/c1-10-5-4-6-11(9-10)12-7-2-3-8-14-13(12)15/h10-12H,2-9H2,1H3,(H,14,15). The summed E-state index contributed by atoms with van der Waals surface area (Å²) in [6.07, 6.45) is 8.78. The van der Waals surface area contributed by atoms with E-state index >= 15 is 0 Å². The van der Waals surface area contributed by atoms with Crippen LogP contribution in [0.2, 0.25) is 0 Å². The van der Waals surface area contributed by atoms with Gasteiger partial charge in [-0.3, -0.25) is 4.79 Å². The molecule has 2 rings (SSSR count). The average Bonchev–Trinajstić information content (AvgIpc) is 2.43. The van der Waals surface area contributed by atoms with Crippen LogP contribution in [0.4, 0.5) is 0 Å². The van der Waals surface area contributed by atoms with Crippen LogP contribution in [0.5, 0.6) is 0 Å². The Kier molecular flexibility index (Phi) is 3.66. The summed E-state index contributed by atoms with van der Waals surface area (Å²) >= 11 is 0. The van der Waals surface area contributed by atoms with Crippen LogP contribution in [0, 0.1) is 17.8 Å². The summed E-state index contributed by atoms with van der Waals surface area (Å²) in [6, 6.07) is 0. The van der Waals surface area contributed by atoms with Crippen molar-refractivity contribution in [2.24, 2.45) is 17.8 Å². The van der Waals surface area contributed by atoms with Gasteiger partial charge in [0, 0.05) is 12.5 Å². The zero-order valence-corrected chi connectivity index (χ0v) is 9.80. The molecule has 2 fully saturated rings. The van der Waals surface area contributed by atoms with E-state index in [1.165, 1.54) is 38.5 Å². The largest absolute Gasteiger partial charge is 0.356 e. The fourth-order valence-electron chi connectivity index (χ4n) is 3.26. The molecular formula is C13H23NO. The van der Waals surface area contributed by atoms with E-state index in [4.69, 9.17) is 0 Å². The Hall–Kier alpha value is -0.530. The van der Waals surface area contributed by atoms with Gasteiger partial charge in [0.25, 0.3) is 0 Å². The number of nitrogens with one attached hydrogen (secondary N) is 1. The van der Waals surface area contributed by atoms with Crippen molar-refractivity contribution in [2.45, 2.75) is 51.9 Å². The lowest BCUT2D eigenvalue weighted by atomic mass is 9.74. The van der Waals surface area contributed by atoms with Crippen molar-refractivity contribution in [1.29, 1.82) is 0 Å². The van der Waals surface area contributed by atoms with E-state index in [9.17, 15) is 4.79 Å². The fourth-order valence-corrected chi connectivity index (χ4v) is 3.26. The molecule has 0 aromatic heterocycles. The molecule has 0 aromatic rings. The molecule has 86 valence electrons. The molecule has 1 heterocycles. The van der Waals surface area contributed by atoms with Crippen LogP contribution in [0.15, 0.2) is 0 Å². The minimum absolute atomic E-state index is 0.329. The Labute approximate surface area is 92.8 Å². The SMILES string of the molecule is CC1CCCC(C2CCCCNC2=O)C1. The van der Waals surface area contributed by atoms with E-state index in [2.05, 4.69) is 12.2 Å². The number of hydrogen-bond acceptors (Lipinski definition) is 1. The van der Waals surface area contributed by atoms with Crippen LogP contribution in [0.3, 0.4) is 0 Å². The summed E-state index contributed by atoms with van der Waals surface area (Å²) in [7, 11) is 0. The monoisotopic (exact) mass is 209 g/mol. The van der Waals surface area contributed by atoms with Crippen molar-refractivity contribution in [3.8, 4) is 0 Å². The number of amides is 1. The number of carbonyl (C=O) groups is 1. The second-order valence-corrected chi connectivity index (χ2v) is 5.43. The normalized spacial score (nSPS) is 38.2. The molecule has 0 bridgehead atoms. The van der Waals surface area contributed by atoms with Gasteiger partial charge >= 0.3 is 0 Å². The fraction of sp³-hybridized carbons (Fsp3) is 0.923. The first-order valence-electron chi connectivity index (χ1n) is 6.55. The first kappa shape index (κ1) is 11.0. The van der Waals surface area contributed by atoms with Gasteiger partial charge in [-0.1, -0.05) is 26.2 Å². The highest BCUT2D eigenvalue weighted by atomic mass is 16.1. The Bertz CT molecular complexity index is 227. The van der Waals surface area contributed by atoms with Crippen LogP contribution in [-0.4, -0.2) is 12.5 Å². The molecular weight excluding hydrogens is 186 g/mol. The van der Waals surface area contributed by atoms with Gasteiger partial charge in [-0.15, -0.1) is 0 Å². The number of rotatable bonds is 1. The maximum Gasteiger partial charge on any atom is 0.223 e. The van der Waals surface area contributed by atoms with Crippen molar-refractivity contribution in [3.05, 3.63) is 0 Å². The van der Waals surface area contributed by atoms with Crippen LogP contribution >= 0.6 is 0 Å². The molecule has 3 atom stereocenters. The van der Waals surface area contributed by atoms with Gasteiger partial charge in [-0.25, -0.2) is 0 Å². The van der Waals surface area contributed by atoms with E-state index in [1.807, 2.05) is 0 Å². The van der Waals surface area contributed by atoms with Crippen molar-refractivity contribution in [2.75, 3.05) is 6.54 Å². The molecule has 0 radical (unpaired) electrons. The minimum atomic E-state index is 0.329. The molecule has 1 aliphatic heterocycles. The zero-order chi connectivity index (χ0) is 10.7. The van der Waals surface area contributed by atoms with Gasteiger partial charge in [0.1, 0.15) is 0 Å². The Balaban J connectivity index is 1.97. The zero-order valence-electron chi connectivity index (χ0n) is 9.80. The van der Waals surface area contributed by atoms with Crippen LogP contribution in [-0.2, 0) is 4.79 Å². The molecule has 2 heteroatoms. The van der Waals surface area contributed by atoms with Gasteiger partial charge < -0.3 is 5.32 Å². The predicted octanol–water partition coefficient (Wildman–Crippen LogP) is 2.73. The van der Waals surface area contributed by atoms with E-state index < -0.39 is 0 Å². The maximum absolute atomic E-state index is 11.9. The third kappa shape index (κ3) is 2.73.